The molecule has 15 nitrogen and oxygen atoms in total. The van der Waals surface area contributed by atoms with Crippen LogP contribution in [-0.2, 0) is 23.9 Å². The molecule has 3 saturated carbocycles. The highest BCUT2D eigenvalue weighted by atomic mass is 35.5. The average molecular weight is 808 g/mol. The minimum absolute atomic E-state index is 0.00403. The zero-order valence-corrected chi connectivity index (χ0v) is 30.7. The van der Waals surface area contributed by atoms with Gasteiger partial charge in [-0.3, -0.25) is 9.59 Å². The Labute approximate surface area is 322 Å². The van der Waals surface area contributed by atoms with Crippen molar-refractivity contribution in [1.82, 2.24) is 10.6 Å². The molecule has 0 radical (unpaired) electrons. The van der Waals surface area contributed by atoms with E-state index in [-0.39, 0.29) is 68.3 Å². The Kier molecular flexibility index (Phi) is 12.4. The van der Waals surface area contributed by atoms with Crippen molar-refractivity contribution in [2.45, 2.75) is 49.3 Å². The van der Waals surface area contributed by atoms with Gasteiger partial charge in [0.05, 0.1) is 44.4 Å². The van der Waals surface area contributed by atoms with E-state index >= 15 is 0 Å². The molecular formula is C36H33Cl3N2O13. The molecule has 2 bridgehead atoms. The topological polar surface area (TPSA) is 213 Å². The van der Waals surface area contributed by atoms with Crippen LogP contribution in [0.1, 0.15) is 63.2 Å². The number of carboxylic acid groups (broad SMARTS) is 2. The number of hydrogen-bond donors (Lipinski definition) is 4. The lowest BCUT2D eigenvalue weighted by molar-refractivity contribution is -0.168. The molecule has 3 aromatic rings. The van der Waals surface area contributed by atoms with Crippen LogP contribution in [0.15, 0.2) is 54.6 Å². The Hall–Kier alpha value is -5.25. The highest BCUT2D eigenvalue weighted by molar-refractivity contribution is 6.34. The average Bonchev–Trinajstić information content (AvgIpc) is 3.14. The fraction of sp³-hybridized carbons (Fsp3) is 0.333. The van der Waals surface area contributed by atoms with Crippen molar-refractivity contribution < 1.29 is 62.7 Å². The molecule has 3 aliphatic rings. The molecule has 2 amide bonds. The molecule has 0 saturated heterocycles. The number of methoxy groups -OCH3 is 1. The van der Waals surface area contributed by atoms with E-state index in [1.165, 1.54) is 61.7 Å². The van der Waals surface area contributed by atoms with E-state index in [1.54, 1.807) is 0 Å². The van der Waals surface area contributed by atoms with Crippen molar-refractivity contribution in [1.29, 1.82) is 0 Å². The maximum Gasteiger partial charge on any atom is 0.344 e. The number of amides is 2. The Bertz CT molecular complexity index is 1980. The van der Waals surface area contributed by atoms with E-state index in [9.17, 15) is 39.0 Å². The van der Waals surface area contributed by atoms with Crippen molar-refractivity contribution in [2.24, 2.45) is 0 Å². The van der Waals surface area contributed by atoms with Gasteiger partial charge < -0.3 is 44.5 Å². The van der Waals surface area contributed by atoms with Crippen LogP contribution in [0.25, 0.3) is 0 Å². The monoisotopic (exact) mass is 806 g/mol. The largest absolute Gasteiger partial charge is 0.484 e. The van der Waals surface area contributed by atoms with Crippen LogP contribution < -0.4 is 24.8 Å². The summed E-state index contributed by atoms with van der Waals surface area (Å²) in [6.45, 7) is -1.54. The zero-order valence-electron chi connectivity index (χ0n) is 28.4. The summed E-state index contributed by atoms with van der Waals surface area (Å²) < 4.78 is 27.3. The summed E-state index contributed by atoms with van der Waals surface area (Å²) in [7, 11) is 1.19. The molecule has 0 aliphatic heterocycles. The first-order chi connectivity index (χ1) is 25.6. The molecule has 0 spiro atoms. The Morgan fingerprint density at radius 1 is 0.667 bits per heavy atom. The number of carboxylic acids is 2. The highest BCUT2D eigenvalue weighted by Gasteiger charge is 2.57. The lowest BCUT2D eigenvalue weighted by atomic mass is 9.59. The third-order valence-electron chi connectivity index (χ3n) is 9.13. The lowest BCUT2D eigenvalue weighted by Gasteiger charge is -2.57. The van der Waals surface area contributed by atoms with Gasteiger partial charge in [0.15, 0.2) is 19.8 Å². The van der Waals surface area contributed by atoms with E-state index in [0.717, 1.165) is 0 Å². The zero-order chi connectivity index (χ0) is 39.2. The van der Waals surface area contributed by atoms with Crippen molar-refractivity contribution >= 4 is 70.5 Å². The fourth-order valence-electron chi connectivity index (χ4n) is 6.44. The second-order valence-corrected chi connectivity index (χ2v) is 13.8. The number of rotatable bonds is 15. The van der Waals surface area contributed by atoms with Crippen molar-refractivity contribution in [3.8, 4) is 17.2 Å². The Morgan fingerprint density at radius 2 is 1.11 bits per heavy atom. The van der Waals surface area contributed by atoms with Crippen LogP contribution in [-0.4, -0.2) is 90.0 Å². The lowest BCUT2D eigenvalue weighted by Crippen LogP contribution is -2.71. The first kappa shape index (κ1) is 39.9. The van der Waals surface area contributed by atoms with Gasteiger partial charge in [-0.1, -0.05) is 34.8 Å². The standard InChI is InChI=1S/C36H33Cl3N2O13/c1-50-34(49)24-14-21(4-7-27(24)39)53-18-31(44)54-28-15-35(40-29(42)16-51-19-2-5-25(37)22(12-19)32(45)46)8-10-36(28,11-9-35)41-30(43)17-52-20-3-6-26(38)23(13-20)33(47)48/h2-7,12-14,28H,8-11,15-18H2,1H3,(H,40,42)(H,41,43)(H,45,46)(H,47,48). The molecule has 3 aliphatic carbocycles. The van der Waals surface area contributed by atoms with E-state index in [1.807, 2.05) is 0 Å². The number of hydrogen-bond acceptors (Lipinski definition) is 11. The van der Waals surface area contributed by atoms with Gasteiger partial charge in [-0.15, -0.1) is 0 Å². The van der Waals surface area contributed by atoms with E-state index in [0.29, 0.717) is 12.8 Å². The van der Waals surface area contributed by atoms with Crippen LogP contribution in [0, 0.1) is 0 Å². The van der Waals surface area contributed by atoms with Gasteiger partial charge in [-0.05, 0) is 80.3 Å². The summed E-state index contributed by atoms with van der Waals surface area (Å²) in [5.41, 5.74) is -2.30. The quantitative estimate of drug-likeness (QED) is 0.150. The summed E-state index contributed by atoms with van der Waals surface area (Å²) in [6.07, 6.45) is 0.468. The number of aromatic carboxylic acids is 2. The van der Waals surface area contributed by atoms with Gasteiger partial charge in [0.25, 0.3) is 11.8 Å². The summed E-state index contributed by atoms with van der Waals surface area (Å²) in [6, 6.07) is 12.1. The van der Waals surface area contributed by atoms with Gasteiger partial charge in [-0.2, -0.15) is 0 Å². The number of halogens is 3. The molecule has 3 fully saturated rings. The van der Waals surface area contributed by atoms with Gasteiger partial charge in [-0.25, -0.2) is 19.2 Å². The van der Waals surface area contributed by atoms with Crippen LogP contribution in [0.5, 0.6) is 17.2 Å². The number of fused-ring (bicyclic) bond motifs is 3. The predicted octanol–water partition coefficient (Wildman–Crippen LogP) is 4.97. The molecular weight excluding hydrogens is 775 g/mol. The Balaban J connectivity index is 1.28. The number of carbonyl (C=O) groups excluding carboxylic acids is 4. The number of benzene rings is 3. The molecule has 3 aromatic carbocycles. The van der Waals surface area contributed by atoms with E-state index in [4.69, 9.17) is 58.5 Å². The fourth-order valence-corrected chi connectivity index (χ4v) is 7.03. The minimum atomic E-state index is -1.27. The summed E-state index contributed by atoms with van der Waals surface area (Å²) in [5.74, 6) is -4.80. The molecule has 54 heavy (non-hydrogen) atoms. The molecule has 1 unspecified atom stereocenters. The summed E-state index contributed by atoms with van der Waals surface area (Å²) in [5, 5.41) is 24.7. The first-order valence-corrected chi connectivity index (χ1v) is 17.4. The number of esters is 2. The third kappa shape index (κ3) is 9.45. The maximum atomic E-state index is 13.3. The molecule has 18 heteroatoms. The molecule has 4 N–H and O–H groups in total. The van der Waals surface area contributed by atoms with Crippen molar-refractivity contribution in [3.63, 3.8) is 0 Å². The smallest absolute Gasteiger partial charge is 0.344 e. The number of carbonyl (C=O) groups is 6. The Morgan fingerprint density at radius 3 is 1.59 bits per heavy atom. The third-order valence-corrected chi connectivity index (χ3v) is 10.1. The van der Waals surface area contributed by atoms with Crippen LogP contribution in [0.2, 0.25) is 15.1 Å². The van der Waals surface area contributed by atoms with Crippen LogP contribution >= 0.6 is 34.8 Å². The van der Waals surface area contributed by atoms with E-state index < -0.39 is 72.7 Å². The van der Waals surface area contributed by atoms with E-state index in [2.05, 4.69) is 10.6 Å². The van der Waals surface area contributed by atoms with Crippen LogP contribution in [0.4, 0.5) is 0 Å². The molecule has 1 atom stereocenters. The second-order valence-electron chi connectivity index (χ2n) is 12.6. The summed E-state index contributed by atoms with van der Waals surface area (Å²) in [4.78, 5) is 74.6. The molecule has 6 rings (SSSR count). The van der Waals surface area contributed by atoms with Gasteiger partial charge in [0.1, 0.15) is 23.4 Å². The normalized spacial score (nSPS) is 19.9. The number of ether oxygens (including phenoxy) is 5. The molecule has 0 aromatic heterocycles. The van der Waals surface area contributed by atoms with Crippen LogP contribution in [0.3, 0.4) is 0 Å². The molecule has 0 heterocycles. The first-order valence-electron chi connectivity index (χ1n) is 16.3. The van der Waals surface area contributed by atoms with Crippen molar-refractivity contribution in [3.05, 3.63) is 86.4 Å². The molecule has 286 valence electrons. The summed E-state index contributed by atoms with van der Waals surface area (Å²) >= 11 is 17.9. The SMILES string of the molecule is COC(=O)c1cc(OCC(=O)OC2CC3(NC(=O)COc4ccc(Cl)c(C(=O)O)c4)CCC2(NC(=O)COc2ccc(Cl)c(C(=O)O)c2)CC3)ccc1Cl. The minimum Gasteiger partial charge on any atom is -0.484 e. The second kappa shape index (κ2) is 16.8. The van der Waals surface area contributed by atoms with Crippen molar-refractivity contribution in [2.75, 3.05) is 26.9 Å². The van der Waals surface area contributed by atoms with Gasteiger partial charge in [0, 0.05) is 12.0 Å². The highest BCUT2D eigenvalue weighted by Crippen LogP contribution is 2.48. The van der Waals surface area contributed by atoms with Gasteiger partial charge >= 0.3 is 23.9 Å². The predicted molar refractivity (Wildman–Crippen MR) is 191 cm³/mol. The van der Waals surface area contributed by atoms with Gasteiger partial charge in [0.2, 0.25) is 0 Å². The number of nitrogens with one attached hydrogen (secondary N) is 2. The maximum absolute atomic E-state index is 13.3.